The van der Waals surface area contributed by atoms with Gasteiger partial charge in [0.1, 0.15) is 11.6 Å². The van der Waals surface area contributed by atoms with Crippen molar-refractivity contribution in [2.75, 3.05) is 11.1 Å². The van der Waals surface area contributed by atoms with Crippen LogP contribution in [0, 0.1) is 12.7 Å². The smallest absolute Gasteiger partial charge is 0.259 e. The van der Waals surface area contributed by atoms with Gasteiger partial charge in [-0.05, 0) is 42.8 Å². The fraction of sp³-hybridized carbons (Fsp3) is 0.0526. The number of pyridine rings is 1. The molecule has 6 heteroatoms. The van der Waals surface area contributed by atoms with Crippen LogP contribution in [0.25, 0.3) is 0 Å². The van der Waals surface area contributed by atoms with Crippen LogP contribution >= 0.6 is 0 Å². The number of benzene rings is 2. The molecule has 3 aromatic rings. The van der Waals surface area contributed by atoms with Gasteiger partial charge in [0.05, 0.1) is 5.56 Å². The summed E-state index contributed by atoms with van der Waals surface area (Å²) >= 11 is 0. The molecule has 5 nitrogen and oxygen atoms in total. The fourth-order valence-corrected chi connectivity index (χ4v) is 2.36. The Balaban J connectivity index is 1.80. The van der Waals surface area contributed by atoms with Crippen molar-refractivity contribution in [2.24, 2.45) is 0 Å². The monoisotopic (exact) mass is 337 g/mol. The predicted molar refractivity (Wildman–Crippen MR) is 94.3 cm³/mol. The lowest BCUT2D eigenvalue weighted by Crippen LogP contribution is -2.16. The molecule has 0 aliphatic rings. The third-order valence-corrected chi connectivity index (χ3v) is 3.57. The average molecular weight is 337 g/mol. The second kappa shape index (κ2) is 7.00. The fourth-order valence-electron chi connectivity index (χ4n) is 2.36. The minimum Gasteiger partial charge on any atom is -0.454 e. The van der Waals surface area contributed by atoms with Gasteiger partial charge in [-0.1, -0.05) is 18.2 Å². The summed E-state index contributed by atoms with van der Waals surface area (Å²) in [5.74, 6) is -0.157. The van der Waals surface area contributed by atoms with E-state index in [0.29, 0.717) is 17.0 Å². The minimum atomic E-state index is -0.462. The summed E-state index contributed by atoms with van der Waals surface area (Å²) in [7, 11) is 0. The number of nitrogens with zero attached hydrogens (tertiary/aromatic N) is 1. The van der Waals surface area contributed by atoms with Crippen molar-refractivity contribution in [1.29, 1.82) is 0 Å². The molecule has 0 bridgehead atoms. The number of carbonyl (C=O) groups excluding carboxylic acids is 1. The lowest BCUT2D eigenvalue weighted by Gasteiger charge is -2.11. The number of amides is 1. The van der Waals surface area contributed by atoms with E-state index in [4.69, 9.17) is 10.5 Å². The van der Waals surface area contributed by atoms with Crippen LogP contribution in [0.1, 0.15) is 15.9 Å². The molecule has 0 spiro atoms. The lowest BCUT2D eigenvalue weighted by atomic mass is 10.1. The molecule has 0 fully saturated rings. The summed E-state index contributed by atoms with van der Waals surface area (Å²) in [6.45, 7) is 1.78. The van der Waals surface area contributed by atoms with Gasteiger partial charge in [0.25, 0.3) is 5.91 Å². The number of para-hydroxylation sites is 1. The quantitative estimate of drug-likeness (QED) is 0.749. The number of ether oxygens (including phenoxy) is 1. The van der Waals surface area contributed by atoms with E-state index in [-0.39, 0.29) is 17.5 Å². The molecular weight excluding hydrogens is 321 g/mol. The first-order chi connectivity index (χ1) is 12.0. The van der Waals surface area contributed by atoms with E-state index in [0.717, 1.165) is 5.56 Å². The third-order valence-electron chi connectivity index (χ3n) is 3.57. The molecule has 3 rings (SSSR count). The zero-order valence-corrected chi connectivity index (χ0v) is 13.5. The number of nitrogens with two attached hydrogens (primary N) is 1. The Morgan fingerprint density at radius 3 is 2.72 bits per heavy atom. The maximum atomic E-state index is 13.7. The third kappa shape index (κ3) is 3.74. The number of nitrogens with one attached hydrogen (secondary N) is 1. The van der Waals surface area contributed by atoms with Gasteiger partial charge in [-0.25, -0.2) is 9.37 Å². The molecule has 0 atom stereocenters. The molecule has 3 N–H and O–H groups in total. The normalized spacial score (nSPS) is 10.3. The van der Waals surface area contributed by atoms with Crippen LogP contribution in [0.5, 0.6) is 11.5 Å². The van der Waals surface area contributed by atoms with Gasteiger partial charge in [0.2, 0.25) is 0 Å². The number of carbonyl (C=O) groups is 1. The number of anilines is 2. The van der Waals surface area contributed by atoms with Gasteiger partial charge in [0, 0.05) is 18.0 Å². The van der Waals surface area contributed by atoms with E-state index in [1.807, 2.05) is 0 Å². The Bertz CT molecular complexity index is 908. The Hall–Kier alpha value is -3.41. The maximum Gasteiger partial charge on any atom is 0.259 e. The van der Waals surface area contributed by atoms with Crippen molar-refractivity contribution < 1.29 is 13.9 Å². The highest BCUT2D eigenvalue weighted by molar-refractivity contribution is 6.08. The van der Waals surface area contributed by atoms with Crippen LogP contribution in [0.3, 0.4) is 0 Å². The summed E-state index contributed by atoms with van der Waals surface area (Å²) in [5, 5.41) is 2.75. The SMILES string of the molecule is Cc1ccnc(N)c1C(=O)Nc1cccc(Oc2ccccc2F)c1. The van der Waals surface area contributed by atoms with Crippen LogP contribution in [-0.2, 0) is 0 Å². The van der Waals surface area contributed by atoms with Gasteiger partial charge in [0.15, 0.2) is 11.6 Å². The Morgan fingerprint density at radius 1 is 1.16 bits per heavy atom. The first-order valence-electron chi connectivity index (χ1n) is 7.59. The first-order valence-corrected chi connectivity index (χ1v) is 7.59. The number of hydrogen-bond acceptors (Lipinski definition) is 4. The Morgan fingerprint density at radius 2 is 1.96 bits per heavy atom. The zero-order valence-electron chi connectivity index (χ0n) is 13.5. The molecule has 0 aliphatic carbocycles. The lowest BCUT2D eigenvalue weighted by molar-refractivity contribution is 0.102. The summed E-state index contributed by atoms with van der Waals surface area (Å²) in [6, 6.07) is 14.5. The minimum absolute atomic E-state index is 0.110. The predicted octanol–water partition coefficient (Wildman–Crippen LogP) is 4.16. The molecule has 1 heterocycles. The average Bonchev–Trinajstić information content (AvgIpc) is 2.57. The number of halogens is 1. The summed E-state index contributed by atoms with van der Waals surface area (Å²) in [5.41, 5.74) is 7.34. The highest BCUT2D eigenvalue weighted by atomic mass is 19.1. The van der Waals surface area contributed by atoms with Crippen LogP contribution in [0.2, 0.25) is 0 Å². The zero-order chi connectivity index (χ0) is 17.8. The first kappa shape index (κ1) is 16.4. The summed E-state index contributed by atoms with van der Waals surface area (Å²) in [4.78, 5) is 16.4. The molecule has 0 saturated carbocycles. The molecule has 25 heavy (non-hydrogen) atoms. The maximum absolute atomic E-state index is 13.7. The highest BCUT2D eigenvalue weighted by Gasteiger charge is 2.14. The standard InChI is InChI=1S/C19H16FN3O2/c1-12-9-10-22-18(21)17(12)19(24)23-13-5-4-6-14(11-13)25-16-8-3-2-7-15(16)20/h2-11H,1H3,(H2,21,22)(H,23,24). The van der Waals surface area contributed by atoms with Crippen LogP contribution in [0.4, 0.5) is 15.9 Å². The Kier molecular flexibility index (Phi) is 4.61. The summed E-state index contributed by atoms with van der Waals surface area (Å²) < 4.78 is 19.2. The number of nitrogen functional groups attached to an aromatic ring is 1. The van der Waals surface area contributed by atoms with E-state index in [2.05, 4.69) is 10.3 Å². The number of rotatable bonds is 4. The second-order valence-electron chi connectivity index (χ2n) is 5.40. The molecule has 0 unspecified atom stereocenters. The van der Waals surface area contributed by atoms with E-state index in [1.165, 1.54) is 12.1 Å². The van der Waals surface area contributed by atoms with E-state index < -0.39 is 5.82 Å². The van der Waals surface area contributed by atoms with Gasteiger partial charge >= 0.3 is 0 Å². The van der Waals surface area contributed by atoms with Gasteiger partial charge in [-0.15, -0.1) is 0 Å². The largest absolute Gasteiger partial charge is 0.454 e. The van der Waals surface area contributed by atoms with E-state index >= 15 is 0 Å². The van der Waals surface area contributed by atoms with Crippen molar-refractivity contribution in [3.8, 4) is 11.5 Å². The molecular formula is C19H16FN3O2. The van der Waals surface area contributed by atoms with Crippen molar-refractivity contribution in [1.82, 2.24) is 4.98 Å². The molecule has 0 aliphatic heterocycles. The highest BCUT2D eigenvalue weighted by Crippen LogP contribution is 2.26. The van der Waals surface area contributed by atoms with Crippen LogP contribution < -0.4 is 15.8 Å². The van der Waals surface area contributed by atoms with Crippen molar-refractivity contribution in [3.63, 3.8) is 0 Å². The molecule has 2 aromatic carbocycles. The van der Waals surface area contributed by atoms with E-state index in [1.54, 1.807) is 55.6 Å². The second-order valence-corrected chi connectivity index (χ2v) is 5.40. The molecule has 0 saturated heterocycles. The Labute approximate surface area is 144 Å². The molecule has 0 radical (unpaired) electrons. The van der Waals surface area contributed by atoms with Gasteiger partial charge in [-0.2, -0.15) is 0 Å². The van der Waals surface area contributed by atoms with Crippen LogP contribution in [0.15, 0.2) is 60.8 Å². The van der Waals surface area contributed by atoms with E-state index in [9.17, 15) is 9.18 Å². The number of aromatic nitrogens is 1. The number of aryl methyl sites for hydroxylation is 1. The van der Waals surface area contributed by atoms with Crippen molar-refractivity contribution in [2.45, 2.75) is 6.92 Å². The molecule has 1 amide bonds. The number of hydrogen-bond donors (Lipinski definition) is 2. The van der Waals surface area contributed by atoms with Gasteiger partial charge < -0.3 is 15.8 Å². The molecule has 126 valence electrons. The van der Waals surface area contributed by atoms with Crippen LogP contribution in [-0.4, -0.2) is 10.9 Å². The van der Waals surface area contributed by atoms with Crippen molar-refractivity contribution in [3.05, 3.63) is 77.7 Å². The topological polar surface area (TPSA) is 77.2 Å². The molecule has 1 aromatic heterocycles. The summed E-state index contributed by atoms with van der Waals surface area (Å²) in [6.07, 6.45) is 1.55. The van der Waals surface area contributed by atoms with Gasteiger partial charge in [-0.3, -0.25) is 4.79 Å². The van der Waals surface area contributed by atoms with Crippen molar-refractivity contribution >= 4 is 17.4 Å².